The molecule has 47 heavy (non-hydrogen) atoms. The minimum atomic E-state index is -1.49. The van der Waals surface area contributed by atoms with E-state index in [2.05, 4.69) is 5.32 Å². The molecule has 3 unspecified atom stereocenters. The zero-order valence-corrected chi connectivity index (χ0v) is 26.9. The van der Waals surface area contributed by atoms with Gasteiger partial charge in [-0.2, -0.15) is 0 Å². The van der Waals surface area contributed by atoms with E-state index in [9.17, 15) is 34.7 Å². The summed E-state index contributed by atoms with van der Waals surface area (Å²) < 4.78 is 41.6. The van der Waals surface area contributed by atoms with Crippen LogP contribution in [0.25, 0.3) is 6.08 Å². The van der Waals surface area contributed by atoms with Crippen LogP contribution in [0.3, 0.4) is 0 Å². The molecule has 0 aromatic heterocycles. The van der Waals surface area contributed by atoms with Crippen LogP contribution in [-0.4, -0.2) is 99.9 Å². The fraction of sp³-hybridized carbons (Fsp3) is 0.469. The van der Waals surface area contributed by atoms with Crippen LogP contribution in [0.4, 0.5) is 4.39 Å². The van der Waals surface area contributed by atoms with Crippen molar-refractivity contribution in [2.75, 3.05) is 13.4 Å². The van der Waals surface area contributed by atoms with Crippen molar-refractivity contribution in [1.82, 2.24) is 5.32 Å². The van der Waals surface area contributed by atoms with E-state index < -0.39 is 66.8 Å². The number of hydrogen-bond acceptors (Lipinski definition) is 11. The number of hydrogen-bond donors (Lipinski definition) is 6. The molecule has 9 atom stereocenters. The van der Waals surface area contributed by atoms with Gasteiger partial charge in [-0.1, -0.05) is 36.2 Å². The average molecular weight is 701 g/mol. The summed E-state index contributed by atoms with van der Waals surface area (Å²) in [6.45, 7) is 3.25. The second-order valence-corrected chi connectivity index (χ2v) is 12.2. The van der Waals surface area contributed by atoms with Gasteiger partial charge >= 0.3 is 0 Å². The van der Waals surface area contributed by atoms with Crippen LogP contribution in [0, 0.1) is 5.82 Å². The third-order valence-electron chi connectivity index (χ3n) is 8.28. The number of phenols is 1. The van der Waals surface area contributed by atoms with Crippen molar-refractivity contribution in [3.05, 3.63) is 69.0 Å². The van der Waals surface area contributed by atoms with Crippen LogP contribution in [0.1, 0.15) is 32.3 Å². The first-order valence-electron chi connectivity index (χ1n) is 14.9. The summed E-state index contributed by atoms with van der Waals surface area (Å²) in [6.07, 6.45) is -4.69. The number of ether oxygens (including phenoxy) is 5. The minimum Gasteiger partial charge on any atom is -0.504 e. The van der Waals surface area contributed by atoms with Crippen molar-refractivity contribution >= 4 is 35.2 Å². The van der Waals surface area contributed by atoms with Gasteiger partial charge < -0.3 is 54.5 Å². The summed E-state index contributed by atoms with van der Waals surface area (Å²) in [6, 6.07) is 5.44. The van der Waals surface area contributed by atoms with Gasteiger partial charge in [-0.05, 0) is 54.8 Å². The number of aromatic hydroxyl groups is 1. The molecular weight excluding hydrogens is 664 g/mol. The molecule has 0 spiro atoms. The monoisotopic (exact) mass is 699 g/mol. The third-order valence-corrected chi connectivity index (χ3v) is 9.07. The van der Waals surface area contributed by atoms with E-state index in [0.717, 1.165) is 12.1 Å². The molecule has 1 aliphatic carbocycles. The van der Waals surface area contributed by atoms with Crippen LogP contribution >= 0.6 is 23.2 Å². The van der Waals surface area contributed by atoms with Crippen molar-refractivity contribution in [2.24, 2.45) is 0 Å². The molecule has 0 bridgehead atoms. The molecule has 2 aromatic carbocycles. The van der Waals surface area contributed by atoms with Crippen LogP contribution in [0.2, 0.25) is 10.0 Å². The molecule has 5 rings (SSSR count). The van der Waals surface area contributed by atoms with Gasteiger partial charge in [0.1, 0.15) is 66.6 Å². The SMILES string of the molecule is CC/C(=C/COc1cc(F)cc(Cl)c1Cl)[C@H]1O[C@@H](Oc2ccc(/C=C(\C)C(=O)N[C@@H]3C(O)C(O)C4OCO[C@H]4[C@@H]3O)cc2O)C[C@@H]1O. The predicted molar refractivity (Wildman–Crippen MR) is 167 cm³/mol. The molecule has 15 heteroatoms. The van der Waals surface area contributed by atoms with Crippen LogP contribution in [0.5, 0.6) is 17.2 Å². The van der Waals surface area contributed by atoms with E-state index >= 15 is 0 Å². The number of carbonyl (C=O) groups excluding carboxylic acids is 1. The molecule has 256 valence electrons. The van der Waals surface area contributed by atoms with Crippen molar-refractivity contribution in [1.29, 1.82) is 0 Å². The molecule has 3 fully saturated rings. The fourth-order valence-electron chi connectivity index (χ4n) is 5.78. The largest absolute Gasteiger partial charge is 0.504 e. The molecule has 3 aliphatic rings. The van der Waals surface area contributed by atoms with E-state index in [0.29, 0.717) is 17.6 Å². The standard InChI is InChI=1S/C32H36Cl2FNO11/c1-3-16(6-7-43-22-11-17(35)10-18(33)24(22)34)29-20(38)12-23(47-29)46-21-5-4-15(9-19(21)37)8-14(2)32(42)36-25-26(39)28(41)31-30(27(25)40)44-13-45-31/h4-6,8-11,20,23,25-31,37-41H,3,7,12-13H2,1-2H3,(H,36,42)/b14-8+,16-6-/t20-,23+,25+,26?,27+,28?,29+,30-,31?/m0/s1. The van der Waals surface area contributed by atoms with Gasteiger partial charge in [0.2, 0.25) is 12.2 Å². The highest BCUT2D eigenvalue weighted by molar-refractivity contribution is 6.42. The van der Waals surface area contributed by atoms with Gasteiger partial charge in [-0.25, -0.2) is 4.39 Å². The summed E-state index contributed by atoms with van der Waals surface area (Å²) in [5.74, 6) is -1.30. The van der Waals surface area contributed by atoms with E-state index in [1.54, 1.807) is 12.1 Å². The Balaban J connectivity index is 1.18. The summed E-state index contributed by atoms with van der Waals surface area (Å²) in [7, 11) is 0. The molecule has 1 amide bonds. The Kier molecular flexibility index (Phi) is 11.3. The summed E-state index contributed by atoms with van der Waals surface area (Å²) in [5.41, 5.74) is 1.35. The highest BCUT2D eigenvalue weighted by atomic mass is 35.5. The van der Waals surface area contributed by atoms with Crippen LogP contribution in [-0.2, 0) is 19.0 Å². The summed E-state index contributed by atoms with van der Waals surface area (Å²) in [5, 5.41) is 55.4. The lowest BCUT2D eigenvalue weighted by atomic mass is 9.83. The highest BCUT2D eigenvalue weighted by Gasteiger charge is 2.53. The second kappa shape index (κ2) is 15.1. The first-order valence-corrected chi connectivity index (χ1v) is 15.7. The van der Waals surface area contributed by atoms with Crippen molar-refractivity contribution in [2.45, 2.75) is 81.7 Å². The van der Waals surface area contributed by atoms with Gasteiger partial charge in [0, 0.05) is 18.1 Å². The van der Waals surface area contributed by atoms with Crippen LogP contribution in [0.15, 0.2) is 47.6 Å². The lowest BCUT2D eigenvalue weighted by molar-refractivity contribution is -0.155. The first kappa shape index (κ1) is 35.3. The Morgan fingerprint density at radius 2 is 1.79 bits per heavy atom. The quantitative estimate of drug-likeness (QED) is 0.122. The number of fused-ring (bicyclic) bond motifs is 1. The van der Waals surface area contributed by atoms with Crippen molar-refractivity contribution < 1.29 is 58.4 Å². The Labute approximate surface area is 279 Å². The second-order valence-electron chi connectivity index (χ2n) is 11.5. The maximum atomic E-state index is 13.7. The maximum absolute atomic E-state index is 13.7. The number of aliphatic hydroxyl groups is 4. The average Bonchev–Trinajstić information content (AvgIpc) is 3.67. The van der Waals surface area contributed by atoms with E-state index in [1.807, 2.05) is 6.92 Å². The topological polar surface area (TPSA) is 176 Å². The molecular formula is C32H36Cl2FNO11. The molecule has 12 nitrogen and oxygen atoms in total. The lowest BCUT2D eigenvalue weighted by Crippen LogP contribution is -2.67. The van der Waals surface area contributed by atoms with Gasteiger partial charge in [0.25, 0.3) is 0 Å². The predicted octanol–water partition coefficient (Wildman–Crippen LogP) is 2.83. The number of benzene rings is 2. The van der Waals surface area contributed by atoms with Crippen LogP contribution < -0.4 is 14.8 Å². The minimum absolute atomic E-state index is 0.0160. The maximum Gasteiger partial charge on any atom is 0.247 e. The van der Waals surface area contributed by atoms with E-state index in [-0.39, 0.29) is 52.7 Å². The third kappa shape index (κ3) is 7.85. The molecule has 2 saturated heterocycles. The number of nitrogens with one attached hydrogen (secondary N) is 1. The van der Waals surface area contributed by atoms with Gasteiger partial charge in [-0.3, -0.25) is 4.79 Å². The number of phenolic OH excluding ortho intramolecular Hbond substituents is 1. The Hall–Kier alpha value is -2.98. The molecule has 2 aromatic rings. The number of amides is 1. The number of aliphatic hydroxyl groups excluding tert-OH is 4. The van der Waals surface area contributed by atoms with Gasteiger partial charge in [0.05, 0.1) is 17.2 Å². The van der Waals surface area contributed by atoms with Gasteiger partial charge in [0.15, 0.2) is 11.5 Å². The normalized spacial score (nSPS) is 31.0. The molecule has 1 saturated carbocycles. The summed E-state index contributed by atoms with van der Waals surface area (Å²) in [4.78, 5) is 12.9. The lowest BCUT2D eigenvalue weighted by Gasteiger charge is -2.41. The molecule has 2 aliphatic heterocycles. The summed E-state index contributed by atoms with van der Waals surface area (Å²) >= 11 is 12.0. The Morgan fingerprint density at radius 1 is 1.06 bits per heavy atom. The zero-order valence-electron chi connectivity index (χ0n) is 25.4. The van der Waals surface area contributed by atoms with Crippen molar-refractivity contribution in [3.8, 4) is 17.2 Å². The number of carbonyl (C=O) groups is 1. The number of halogens is 3. The first-order chi connectivity index (χ1) is 22.4. The molecule has 2 heterocycles. The van der Waals surface area contributed by atoms with Gasteiger partial charge in [-0.15, -0.1) is 0 Å². The highest BCUT2D eigenvalue weighted by Crippen LogP contribution is 2.36. The molecule has 0 radical (unpaired) electrons. The smallest absolute Gasteiger partial charge is 0.247 e. The van der Waals surface area contributed by atoms with E-state index in [4.69, 9.17) is 46.9 Å². The number of rotatable bonds is 10. The van der Waals surface area contributed by atoms with E-state index in [1.165, 1.54) is 25.1 Å². The van der Waals surface area contributed by atoms with Crippen molar-refractivity contribution in [3.63, 3.8) is 0 Å². The Morgan fingerprint density at radius 3 is 2.49 bits per heavy atom. The Bertz CT molecular complexity index is 1520. The fourth-order valence-corrected chi connectivity index (χ4v) is 6.14. The zero-order chi connectivity index (χ0) is 34.0. The molecule has 6 N–H and O–H groups in total.